The van der Waals surface area contributed by atoms with Crippen molar-refractivity contribution >= 4 is 40.6 Å². The molecule has 0 unspecified atom stereocenters. The van der Waals surface area contributed by atoms with Gasteiger partial charge in [-0.05, 0) is 73.2 Å². The molecule has 2 aromatic heterocycles. The summed E-state index contributed by atoms with van der Waals surface area (Å²) in [6.07, 6.45) is 2.12. The van der Waals surface area contributed by atoms with E-state index >= 15 is 0 Å². The number of rotatable bonds is 7. The van der Waals surface area contributed by atoms with E-state index in [2.05, 4.69) is 15.6 Å². The van der Waals surface area contributed by atoms with Crippen LogP contribution in [0.15, 0.2) is 83.4 Å². The molecule has 3 heterocycles. The summed E-state index contributed by atoms with van der Waals surface area (Å²) in [4.78, 5) is 30.3. The topological polar surface area (TPSA) is 108 Å². The summed E-state index contributed by atoms with van der Waals surface area (Å²) in [6, 6.07) is 21.1. The second-order valence-corrected chi connectivity index (χ2v) is 9.34. The molecule has 3 N–H and O–H groups in total. The molecule has 0 aliphatic carbocycles. The van der Waals surface area contributed by atoms with Crippen LogP contribution >= 0.6 is 12.2 Å². The van der Waals surface area contributed by atoms with E-state index in [4.69, 9.17) is 16.6 Å². The Labute approximate surface area is 225 Å². The smallest absolute Gasteiger partial charge is 0.336 e. The molecular formula is C29H26N4O4S. The van der Waals surface area contributed by atoms with Crippen LogP contribution in [0, 0.1) is 6.92 Å². The fourth-order valence-electron chi connectivity index (χ4n) is 4.64. The standard InChI is InChI=1S/C29H26N4O4S/c1-3-25(34)31-21-12-11-18(16-17(21)2)33-27(26(32-29(33)38)22-10-6-7-15-30-22)24-14-13-23(37-24)19-8-4-5-9-20(19)28(35)36/h4-16,26-27H,3H2,1-2H3,(H,31,34)(H,32,38)(H,35,36)/t26-,27+/m0/s1. The van der Waals surface area contributed by atoms with Gasteiger partial charge in [0.25, 0.3) is 0 Å². The van der Waals surface area contributed by atoms with E-state index in [1.165, 1.54) is 0 Å². The van der Waals surface area contributed by atoms with E-state index in [0.29, 0.717) is 28.6 Å². The fraction of sp³-hybridized carbons (Fsp3) is 0.172. The molecule has 38 heavy (non-hydrogen) atoms. The molecule has 5 rings (SSSR count). The van der Waals surface area contributed by atoms with Gasteiger partial charge < -0.3 is 25.1 Å². The van der Waals surface area contributed by atoms with Crippen LogP contribution in [0.5, 0.6) is 0 Å². The lowest BCUT2D eigenvalue weighted by Crippen LogP contribution is -2.29. The number of nitrogens with zero attached hydrogens (tertiary/aromatic N) is 2. The number of pyridine rings is 1. The molecular weight excluding hydrogens is 500 g/mol. The van der Waals surface area contributed by atoms with Crippen molar-refractivity contribution in [2.24, 2.45) is 0 Å². The zero-order valence-corrected chi connectivity index (χ0v) is 21.7. The summed E-state index contributed by atoms with van der Waals surface area (Å²) in [5, 5.41) is 16.5. The molecule has 1 saturated heterocycles. The molecule has 1 aliphatic rings. The number of carbonyl (C=O) groups excluding carboxylic acids is 1. The molecule has 8 nitrogen and oxygen atoms in total. The van der Waals surface area contributed by atoms with Gasteiger partial charge in [0, 0.05) is 29.6 Å². The average molecular weight is 527 g/mol. The van der Waals surface area contributed by atoms with Gasteiger partial charge >= 0.3 is 5.97 Å². The summed E-state index contributed by atoms with van der Waals surface area (Å²) in [7, 11) is 0. The van der Waals surface area contributed by atoms with Crippen LogP contribution in [0.1, 0.15) is 52.8 Å². The number of carbonyl (C=O) groups is 2. The minimum Gasteiger partial charge on any atom is -0.478 e. The third-order valence-corrected chi connectivity index (χ3v) is 6.84. The Morgan fingerprint density at radius 1 is 1.11 bits per heavy atom. The van der Waals surface area contributed by atoms with Gasteiger partial charge in [0.1, 0.15) is 17.6 Å². The van der Waals surface area contributed by atoms with E-state index < -0.39 is 12.0 Å². The molecule has 0 bridgehead atoms. The molecule has 1 amide bonds. The van der Waals surface area contributed by atoms with Crippen LogP contribution in [0.4, 0.5) is 11.4 Å². The highest BCUT2D eigenvalue weighted by molar-refractivity contribution is 7.80. The van der Waals surface area contributed by atoms with Gasteiger partial charge in [0.05, 0.1) is 17.3 Å². The Balaban J connectivity index is 1.58. The maximum atomic E-state index is 11.9. The number of nitrogens with one attached hydrogen (secondary N) is 2. The van der Waals surface area contributed by atoms with Crippen molar-refractivity contribution in [3.8, 4) is 11.3 Å². The van der Waals surface area contributed by atoms with Crippen molar-refractivity contribution in [1.82, 2.24) is 10.3 Å². The number of aromatic carboxylic acids is 1. The molecule has 9 heteroatoms. The molecule has 0 saturated carbocycles. The first-order valence-corrected chi connectivity index (χ1v) is 12.6. The number of aryl methyl sites for hydroxylation is 1. The number of aromatic nitrogens is 1. The molecule has 0 radical (unpaired) electrons. The number of thiocarbonyl (C=S) groups is 1. The lowest BCUT2D eigenvalue weighted by atomic mass is 10.0. The Kier molecular flexibility index (Phi) is 6.93. The highest BCUT2D eigenvalue weighted by atomic mass is 32.1. The average Bonchev–Trinajstić information content (AvgIpc) is 3.54. The predicted molar refractivity (Wildman–Crippen MR) is 149 cm³/mol. The van der Waals surface area contributed by atoms with Crippen molar-refractivity contribution in [1.29, 1.82) is 0 Å². The fourth-order valence-corrected chi connectivity index (χ4v) is 4.99. The lowest BCUT2D eigenvalue weighted by Gasteiger charge is -2.27. The summed E-state index contributed by atoms with van der Waals surface area (Å²) < 4.78 is 6.33. The zero-order valence-electron chi connectivity index (χ0n) is 20.8. The second kappa shape index (κ2) is 10.5. The van der Waals surface area contributed by atoms with Crippen LogP contribution in [0.2, 0.25) is 0 Å². The Bertz CT molecular complexity index is 1520. The maximum absolute atomic E-state index is 11.9. The lowest BCUT2D eigenvalue weighted by molar-refractivity contribution is -0.115. The van der Waals surface area contributed by atoms with Crippen LogP contribution in [0.3, 0.4) is 0 Å². The number of hydrogen-bond donors (Lipinski definition) is 3. The Hall–Kier alpha value is -4.50. The summed E-state index contributed by atoms with van der Waals surface area (Å²) in [6.45, 7) is 3.74. The van der Waals surface area contributed by atoms with Gasteiger partial charge in [0.15, 0.2) is 5.11 Å². The predicted octanol–water partition coefficient (Wildman–Crippen LogP) is 5.87. The molecule has 0 spiro atoms. The quantitative estimate of drug-likeness (QED) is 0.257. The van der Waals surface area contributed by atoms with Gasteiger partial charge in [-0.2, -0.15) is 0 Å². The molecule has 1 fully saturated rings. The highest BCUT2D eigenvalue weighted by Gasteiger charge is 2.42. The molecule has 192 valence electrons. The van der Waals surface area contributed by atoms with Gasteiger partial charge in [-0.25, -0.2) is 4.79 Å². The van der Waals surface area contributed by atoms with Gasteiger partial charge in [-0.3, -0.25) is 9.78 Å². The van der Waals surface area contributed by atoms with Gasteiger partial charge in [-0.1, -0.05) is 31.2 Å². The second-order valence-electron chi connectivity index (χ2n) is 8.95. The number of anilines is 2. The SMILES string of the molecule is CCC(=O)Nc1ccc(N2C(=S)N[C@@H](c3ccccn3)[C@H]2c2ccc(-c3ccccc3C(=O)O)o2)cc1C. The van der Waals surface area contributed by atoms with E-state index in [1.54, 1.807) is 36.5 Å². The maximum Gasteiger partial charge on any atom is 0.336 e. The first kappa shape index (κ1) is 25.2. The third-order valence-electron chi connectivity index (χ3n) is 6.52. The largest absolute Gasteiger partial charge is 0.478 e. The van der Waals surface area contributed by atoms with E-state index in [-0.39, 0.29) is 17.5 Å². The van der Waals surface area contributed by atoms with E-state index in [9.17, 15) is 14.7 Å². The van der Waals surface area contributed by atoms with E-state index in [0.717, 1.165) is 22.6 Å². The van der Waals surface area contributed by atoms with Crippen molar-refractivity contribution in [2.45, 2.75) is 32.4 Å². The van der Waals surface area contributed by atoms with Crippen molar-refractivity contribution in [3.05, 3.63) is 102 Å². The molecule has 2 aromatic carbocycles. The van der Waals surface area contributed by atoms with Crippen molar-refractivity contribution in [2.75, 3.05) is 10.2 Å². The number of carboxylic acid groups (broad SMARTS) is 1. The Morgan fingerprint density at radius 3 is 2.61 bits per heavy atom. The number of amides is 1. The minimum atomic E-state index is -1.03. The third kappa shape index (κ3) is 4.76. The first-order valence-electron chi connectivity index (χ1n) is 12.2. The molecule has 2 atom stereocenters. The van der Waals surface area contributed by atoms with Crippen molar-refractivity contribution in [3.63, 3.8) is 0 Å². The Morgan fingerprint density at radius 2 is 1.89 bits per heavy atom. The summed E-state index contributed by atoms with van der Waals surface area (Å²) in [5.74, 6) is -0.0356. The monoisotopic (exact) mass is 526 g/mol. The number of carboxylic acids is 1. The normalized spacial score (nSPS) is 16.8. The van der Waals surface area contributed by atoms with Crippen molar-refractivity contribution < 1.29 is 19.1 Å². The van der Waals surface area contributed by atoms with Crippen LogP contribution in [0.25, 0.3) is 11.3 Å². The zero-order chi connectivity index (χ0) is 26.8. The van der Waals surface area contributed by atoms with Gasteiger partial charge in [0.2, 0.25) is 5.91 Å². The number of furan rings is 1. The van der Waals surface area contributed by atoms with Crippen LogP contribution in [-0.4, -0.2) is 27.1 Å². The van der Waals surface area contributed by atoms with E-state index in [1.807, 2.05) is 61.2 Å². The molecule has 4 aromatic rings. The number of benzene rings is 2. The molecule has 1 aliphatic heterocycles. The van der Waals surface area contributed by atoms with Gasteiger partial charge in [-0.15, -0.1) is 0 Å². The van der Waals surface area contributed by atoms with Crippen LogP contribution < -0.4 is 15.5 Å². The van der Waals surface area contributed by atoms with Crippen LogP contribution in [-0.2, 0) is 4.79 Å². The number of hydrogen-bond acceptors (Lipinski definition) is 5. The highest BCUT2D eigenvalue weighted by Crippen LogP contribution is 2.43. The summed E-state index contributed by atoms with van der Waals surface area (Å²) in [5.41, 5.74) is 3.89. The minimum absolute atomic E-state index is 0.0583. The summed E-state index contributed by atoms with van der Waals surface area (Å²) >= 11 is 5.79. The first-order chi connectivity index (χ1) is 18.4.